The van der Waals surface area contributed by atoms with E-state index < -0.39 is 15.8 Å². The minimum atomic E-state index is -3.88. The highest BCUT2D eigenvalue weighted by molar-refractivity contribution is 7.89. The summed E-state index contributed by atoms with van der Waals surface area (Å²) in [5, 5.41) is 2.82. The summed E-state index contributed by atoms with van der Waals surface area (Å²) in [7, 11) is -3.88. The molecule has 2 aromatic rings. The van der Waals surface area contributed by atoms with Crippen LogP contribution in [-0.4, -0.2) is 62.9 Å². The third-order valence-electron chi connectivity index (χ3n) is 4.60. The van der Waals surface area contributed by atoms with Crippen LogP contribution < -0.4 is 10.1 Å². The number of ether oxygens (including phenoxy) is 1. The molecule has 1 heterocycles. The maximum atomic E-state index is 13.9. The summed E-state index contributed by atoms with van der Waals surface area (Å²) in [6, 6.07) is 12.4. The summed E-state index contributed by atoms with van der Waals surface area (Å²) < 4.78 is 45.8. The standard InChI is InChI=1S/C20H24FN3O4S/c1-2-28-17-9-7-16(8-10-17)22-20(25)15-23-11-13-24(14-12-23)29(26,27)19-6-4-3-5-18(19)21/h3-10H,2,11-15H2,1H3,(H,22,25). The van der Waals surface area contributed by atoms with Crippen molar-refractivity contribution in [2.75, 3.05) is 44.6 Å². The van der Waals surface area contributed by atoms with Crippen molar-refractivity contribution in [1.29, 1.82) is 0 Å². The Morgan fingerprint density at radius 3 is 2.34 bits per heavy atom. The maximum absolute atomic E-state index is 13.9. The van der Waals surface area contributed by atoms with E-state index in [1.165, 1.54) is 22.5 Å². The Morgan fingerprint density at radius 2 is 1.72 bits per heavy atom. The van der Waals surface area contributed by atoms with Gasteiger partial charge in [-0.15, -0.1) is 0 Å². The van der Waals surface area contributed by atoms with Crippen LogP contribution in [0.1, 0.15) is 6.92 Å². The van der Waals surface area contributed by atoms with Crippen LogP contribution in [0.25, 0.3) is 0 Å². The molecule has 29 heavy (non-hydrogen) atoms. The Bertz CT molecular complexity index is 942. The van der Waals surface area contributed by atoms with Gasteiger partial charge in [0.25, 0.3) is 0 Å². The number of anilines is 1. The number of rotatable bonds is 7. The van der Waals surface area contributed by atoms with Crippen molar-refractivity contribution in [2.24, 2.45) is 0 Å². The van der Waals surface area contributed by atoms with E-state index in [9.17, 15) is 17.6 Å². The number of amides is 1. The van der Waals surface area contributed by atoms with Crippen molar-refractivity contribution in [3.8, 4) is 5.75 Å². The molecule has 1 saturated heterocycles. The maximum Gasteiger partial charge on any atom is 0.246 e. The third kappa shape index (κ3) is 5.31. The molecule has 1 fully saturated rings. The van der Waals surface area contributed by atoms with Gasteiger partial charge in [0.1, 0.15) is 16.5 Å². The van der Waals surface area contributed by atoms with Crippen molar-refractivity contribution >= 4 is 21.6 Å². The van der Waals surface area contributed by atoms with Crippen LogP contribution in [0.2, 0.25) is 0 Å². The van der Waals surface area contributed by atoms with Crippen molar-refractivity contribution in [3.63, 3.8) is 0 Å². The quantitative estimate of drug-likeness (QED) is 0.741. The van der Waals surface area contributed by atoms with Crippen molar-refractivity contribution in [2.45, 2.75) is 11.8 Å². The lowest BCUT2D eigenvalue weighted by molar-refractivity contribution is -0.117. The number of nitrogens with zero attached hydrogens (tertiary/aromatic N) is 2. The molecule has 0 aromatic heterocycles. The van der Waals surface area contributed by atoms with Gasteiger partial charge in [-0.2, -0.15) is 4.31 Å². The lowest BCUT2D eigenvalue weighted by atomic mass is 10.3. The highest BCUT2D eigenvalue weighted by atomic mass is 32.2. The van der Waals surface area contributed by atoms with E-state index in [1.807, 2.05) is 11.8 Å². The number of sulfonamides is 1. The summed E-state index contributed by atoms with van der Waals surface area (Å²) in [5.41, 5.74) is 0.666. The Labute approximate surface area is 170 Å². The predicted molar refractivity (Wildman–Crippen MR) is 108 cm³/mol. The molecule has 9 heteroatoms. The highest BCUT2D eigenvalue weighted by Gasteiger charge is 2.30. The van der Waals surface area contributed by atoms with Crippen LogP contribution in [0.15, 0.2) is 53.4 Å². The van der Waals surface area contributed by atoms with E-state index in [-0.39, 0.29) is 30.4 Å². The Kier molecular flexibility index (Phi) is 6.83. The fraction of sp³-hybridized carbons (Fsp3) is 0.350. The molecule has 0 atom stereocenters. The SMILES string of the molecule is CCOc1ccc(NC(=O)CN2CCN(S(=O)(=O)c3ccccc3F)CC2)cc1. The van der Waals surface area contributed by atoms with Crippen LogP contribution in [0, 0.1) is 5.82 Å². The smallest absolute Gasteiger partial charge is 0.246 e. The summed E-state index contributed by atoms with van der Waals surface area (Å²) in [5.74, 6) is -0.207. The molecule has 3 rings (SSSR count). The van der Waals surface area contributed by atoms with Gasteiger partial charge in [0.2, 0.25) is 15.9 Å². The van der Waals surface area contributed by atoms with Crippen molar-refractivity contribution < 1.29 is 22.3 Å². The van der Waals surface area contributed by atoms with E-state index in [4.69, 9.17) is 4.74 Å². The van der Waals surface area contributed by atoms with Crippen LogP contribution in [0.3, 0.4) is 0 Å². The molecule has 0 radical (unpaired) electrons. The zero-order valence-electron chi connectivity index (χ0n) is 16.2. The number of carbonyl (C=O) groups is 1. The van der Waals surface area contributed by atoms with Crippen LogP contribution in [0.5, 0.6) is 5.75 Å². The Hall–Kier alpha value is -2.49. The molecule has 1 aliphatic rings. The molecule has 0 saturated carbocycles. The van der Waals surface area contributed by atoms with Gasteiger partial charge in [-0.25, -0.2) is 12.8 Å². The fourth-order valence-corrected chi connectivity index (χ4v) is 4.61. The summed E-state index contributed by atoms with van der Waals surface area (Å²) in [4.78, 5) is 13.8. The van der Waals surface area contributed by atoms with Crippen LogP contribution >= 0.6 is 0 Å². The molecule has 1 aliphatic heterocycles. The monoisotopic (exact) mass is 421 g/mol. The second-order valence-electron chi connectivity index (χ2n) is 6.62. The molecule has 1 N–H and O–H groups in total. The minimum absolute atomic E-state index is 0.154. The second kappa shape index (κ2) is 9.34. The minimum Gasteiger partial charge on any atom is -0.494 e. The zero-order valence-corrected chi connectivity index (χ0v) is 17.0. The number of hydrogen-bond donors (Lipinski definition) is 1. The van der Waals surface area contributed by atoms with Gasteiger partial charge in [-0.3, -0.25) is 9.69 Å². The zero-order chi connectivity index (χ0) is 20.9. The van der Waals surface area contributed by atoms with Gasteiger partial charge in [0.05, 0.1) is 13.2 Å². The lowest BCUT2D eigenvalue weighted by Crippen LogP contribution is -2.50. The number of hydrogen-bond acceptors (Lipinski definition) is 5. The first-order valence-corrected chi connectivity index (χ1v) is 10.8. The molecule has 0 aliphatic carbocycles. The van der Waals surface area contributed by atoms with Crippen molar-refractivity contribution in [3.05, 3.63) is 54.3 Å². The molecule has 0 unspecified atom stereocenters. The van der Waals surface area contributed by atoms with Gasteiger partial charge in [-0.05, 0) is 43.3 Å². The molecule has 156 valence electrons. The van der Waals surface area contributed by atoms with Crippen molar-refractivity contribution in [1.82, 2.24) is 9.21 Å². The summed E-state index contributed by atoms with van der Waals surface area (Å²) in [6.45, 7) is 3.82. The normalized spacial score (nSPS) is 15.8. The first-order valence-electron chi connectivity index (χ1n) is 9.40. The lowest BCUT2D eigenvalue weighted by Gasteiger charge is -2.33. The fourth-order valence-electron chi connectivity index (χ4n) is 3.13. The molecule has 0 spiro atoms. The largest absolute Gasteiger partial charge is 0.494 e. The number of carbonyl (C=O) groups excluding carboxylic acids is 1. The molecule has 1 amide bonds. The topological polar surface area (TPSA) is 79.0 Å². The Morgan fingerprint density at radius 1 is 1.07 bits per heavy atom. The van der Waals surface area contributed by atoms with E-state index in [0.717, 1.165) is 11.8 Å². The number of nitrogens with one attached hydrogen (secondary N) is 1. The first-order chi connectivity index (χ1) is 13.9. The number of halogens is 1. The van der Waals surface area contributed by atoms with E-state index in [1.54, 1.807) is 24.3 Å². The molecule has 0 bridgehead atoms. The van der Waals surface area contributed by atoms with Gasteiger partial charge >= 0.3 is 0 Å². The summed E-state index contributed by atoms with van der Waals surface area (Å²) >= 11 is 0. The van der Waals surface area contributed by atoms with Gasteiger partial charge in [-0.1, -0.05) is 12.1 Å². The molecule has 7 nitrogen and oxygen atoms in total. The molecule has 2 aromatic carbocycles. The van der Waals surface area contributed by atoms with E-state index in [0.29, 0.717) is 25.4 Å². The third-order valence-corrected chi connectivity index (χ3v) is 6.53. The van der Waals surface area contributed by atoms with Crippen LogP contribution in [-0.2, 0) is 14.8 Å². The number of piperazine rings is 1. The van der Waals surface area contributed by atoms with E-state index in [2.05, 4.69) is 5.32 Å². The molecular weight excluding hydrogens is 397 g/mol. The van der Waals surface area contributed by atoms with Gasteiger partial charge in [0.15, 0.2) is 0 Å². The van der Waals surface area contributed by atoms with E-state index >= 15 is 0 Å². The Balaban J connectivity index is 1.51. The average Bonchev–Trinajstić information content (AvgIpc) is 2.70. The predicted octanol–water partition coefficient (Wildman–Crippen LogP) is 2.17. The van der Waals surface area contributed by atoms with Gasteiger partial charge < -0.3 is 10.1 Å². The molecular formula is C20H24FN3O4S. The average molecular weight is 421 g/mol. The second-order valence-corrected chi connectivity index (χ2v) is 8.52. The summed E-state index contributed by atoms with van der Waals surface area (Å²) in [6.07, 6.45) is 0. The first kappa shape index (κ1) is 21.2. The van der Waals surface area contributed by atoms with Gasteiger partial charge in [0, 0.05) is 31.9 Å². The van der Waals surface area contributed by atoms with Crippen LogP contribution in [0.4, 0.5) is 10.1 Å². The number of benzene rings is 2. The highest BCUT2D eigenvalue weighted by Crippen LogP contribution is 2.20.